The van der Waals surface area contributed by atoms with Crippen LogP contribution >= 0.6 is 0 Å². The third-order valence-corrected chi connectivity index (χ3v) is 2.80. The predicted octanol–water partition coefficient (Wildman–Crippen LogP) is 2.58. The molecule has 1 atom stereocenters. The highest BCUT2D eigenvalue weighted by Crippen LogP contribution is 2.28. The van der Waals surface area contributed by atoms with Gasteiger partial charge in [0.2, 0.25) is 5.91 Å². The van der Waals surface area contributed by atoms with E-state index in [-0.39, 0.29) is 17.6 Å². The van der Waals surface area contributed by atoms with Crippen LogP contribution in [0, 0.1) is 0 Å². The lowest BCUT2D eigenvalue weighted by atomic mass is 9.91. The second-order valence-corrected chi connectivity index (χ2v) is 4.10. The number of benzene rings is 1. The Balaban J connectivity index is 2.09. The van der Waals surface area contributed by atoms with Crippen molar-refractivity contribution in [1.82, 2.24) is 5.32 Å². The topological polar surface area (TPSA) is 38.3 Å². The molecular weight excluding hydrogens is 247 g/mol. The average molecular weight is 259 g/mol. The van der Waals surface area contributed by atoms with Crippen molar-refractivity contribution in [2.24, 2.45) is 0 Å². The monoisotopic (exact) mass is 259 g/mol. The molecule has 1 unspecified atom stereocenters. The first-order valence-electron chi connectivity index (χ1n) is 5.59. The zero-order valence-corrected chi connectivity index (χ0v) is 9.46. The molecule has 0 aliphatic carbocycles. The minimum Gasteiger partial charge on any atom is -0.406 e. The maximum Gasteiger partial charge on any atom is 0.573 e. The molecule has 1 N–H and O–H groups in total. The molecule has 1 amide bonds. The predicted molar refractivity (Wildman–Crippen MR) is 58.1 cm³/mol. The molecule has 1 aromatic carbocycles. The molecule has 0 bridgehead atoms. The van der Waals surface area contributed by atoms with Gasteiger partial charge in [-0.3, -0.25) is 4.79 Å². The molecule has 0 spiro atoms. The molecule has 1 aliphatic heterocycles. The van der Waals surface area contributed by atoms with E-state index in [9.17, 15) is 18.0 Å². The second-order valence-electron chi connectivity index (χ2n) is 4.10. The Hall–Kier alpha value is -1.72. The summed E-state index contributed by atoms with van der Waals surface area (Å²) in [7, 11) is 0. The number of rotatable bonds is 2. The quantitative estimate of drug-likeness (QED) is 0.886. The highest BCUT2D eigenvalue weighted by molar-refractivity contribution is 5.84. The molecule has 1 aliphatic rings. The first kappa shape index (κ1) is 12.7. The van der Waals surface area contributed by atoms with Gasteiger partial charge in [0.25, 0.3) is 0 Å². The maximum atomic E-state index is 12.0. The number of alkyl halides is 3. The first-order chi connectivity index (χ1) is 8.46. The number of piperidine rings is 1. The molecule has 1 aromatic rings. The third kappa shape index (κ3) is 3.15. The molecule has 1 fully saturated rings. The van der Waals surface area contributed by atoms with Crippen molar-refractivity contribution in [1.29, 1.82) is 0 Å². The van der Waals surface area contributed by atoms with Crippen LogP contribution in [0.4, 0.5) is 13.2 Å². The smallest absolute Gasteiger partial charge is 0.406 e. The summed E-state index contributed by atoms with van der Waals surface area (Å²) in [4.78, 5) is 11.6. The van der Waals surface area contributed by atoms with Crippen LogP contribution in [-0.2, 0) is 4.79 Å². The highest BCUT2D eigenvalue weighted by atomic mass is 19.4. The van der Waals surface area contributed by atoms with Gasteiger partial charge in [0.1, 0.15) is 5.75 Å². The highest BCUT2D eigenvalue weighted by Gasteiger charge is 2.31. The summed E-state index contributed by atoms with van der Waals surface area (Å²) in [5.41, 5.74) is 0.710. The first-order valence-corrected chi connectivity index (χ1v) is 5.59. The van der Waals surface area contributed by atoms with Gasteiger partial charge >= 0.3 is 6.36 Å². The largest absolute Gasteiger partial charge is 0.573 e. The molecule has 18 heavy (non-hydrogen) atoms. The summed E-state index contributed by atoms with van der Waals surface area (Å²) in [6, 6.07) is 5.45. The summed E-state index contributed by atoms with van der Waals surface area (Å²) < 4.78 is 39.7. The van der Waals surface area contributed by atoms with Crippen molar-refractivity contribution in [2.75, 3.05) is 6.54 Å². The van der Waals surface area contributed by atoms with E-state index in [1.54, 1.807) is 0 Å². The molecular formula is C12H12F3NO2. The average Bonchev–Trinajstić information content (AvgIpc) is 2.29. The number of halogens is 3. The number of ether oxygens (including phenoxy) is 1. The minimum atomic E-state index is -4.69. The minimum absolute atomic E-state index is 0.0780. The molecule has 1 saturated heterocycles. The summed E-state index contributed by atoms with van der Waals surface area (Å²) in [6.07, 6.45) is -3.10. The molecule has 0 radical (unpaired) electrons. The van der Waals surface area contributed by atoms with Crippen molar-refractivity contribution < 1.29 is 22.7 Å². The molecule has 3 nitrogen and oxygen atoms in total. The zero-order chi connectivity index (χ0) is 13.2. The summed E-state index contributed by atoms with van der Waals surface area (Å²) in [5.74, 6) is -0.633. The van der Waals surface area contributed by atoms with Gasteiger partial charge in [0.15, 0.2) is 0 Å². The Kier molecular flexibility index (Phi) is 3.45. The van der Waals surface area contributed by atoms with E-state index in [0.717, 1.165) is 6.42 Å². The Morgan fingerprint density at radius 3 is 2.44 bits per heavy atom. The molecule has 2 rings (SSSR count). The second kappa shape index (κ2) is 4.88. The normalized spacial score (nSPS) is 20.4. The summed E-state index contributed by atoms with van der Waals surface area (Å²) in [5, 5.41) is 2.73. The van der Waals surface area contributed by atoms with Gasteiger partial charge in [-0.25, -0.2) is 0 Å². The van der Waals surface area contributed by atoms with Gasteiger partial charge in [-0.1, -0.05) is 12.1 Å². The van der Waals surface area contributed by atoms with E-state index in [1.165, 1.54) is 24.3 Å². The number of hydrogen-bond acceptors (Lipinski definition) is 2. The van der Waals surface area contributed by atoms with Crippen molar-refractivity contribution in [3.8, 4) is 5.75 Å². The van der Waals surface area contributed by atoms with E-state index in [0.29, 0.717) is 18.5 Å². The fourth-order valence-corrected chi connectivity index (χ4v) is 1.99. The SMILES string of the molecule is O=C1NCCCC1c1ccc(OC(F)(F)F)cc1. The van der Waals surface area contributed by atoms with Crippen molar-refractivity contribution in [3.05, 3.63) is 29.8 Å². The standard InChI is InChI=1S/C12H12F3NO2/c13-12(14,15)18-9-5-3-8(4-6-9)10-2-1-7-16-11(10)17/h3-6,10H,1-2,7H2,(H,16,17). The molecule has 0 aromatic heterocycles. The fourth-order valence-electron chi connectivity index (χ4n) is 1.99. The van der Waals surface area contributed by atoms with Gasteiger partial charge in [0.05, 0.1) is 5.92 Å². The van der Waals surface area contributed by atoms with Crippen LogP contribution in [0.3, 0.4) is 0 Å². The van der Waals surface area contributed by atoms with Crippen LogP contribution in [0.1, 0.15) is 24.3 Å². The van der Waals surface area contributed by atoms with Gasteiger partial charge in [-0.2, -0.15) is 0 Å². The van der Waals surface area contributed by atoms with Crippen molar-refractivity contribution >= 4 is 5.91 Å². The van der Waals surface area contributed by atoms with Gasteiger partial charge < -0.3 is 10.1 Å². The Labute approximate surface area is 102 Å². The van der Waals surface area contributed by atoms with E-state index in [4.69, 9.17) is 0 Å². The van der Waals surface area contributed by atoms with E-state index < -0.39 is 6.36 Å². The van der Waals surface area contributed by atoms with E-state index in [2.05, 4.69) is 10.1 Å². The number of amides is 1. The van der Waals surface area contributed by atoms with E-state index >= 15 is 0 Å². The van der Waals surface area contributed by atoms with Crippen molar-refractivity contribution in [3.63, 3.8) is 0 Å². The number of nitrogens with one attached hydrogen (secondary N) is 1. The lowest BCUT2D eigenvalue weighted by molar-refractivity contribution is -0.274. The van der Waals surface area contributed by atoms with Crippen LogP contribution in [0.5, 0.6) is 5.75 Å². The van der Waals surface area contributed by atoms with Crippen LogP contribution in [-0.4, -0.2) is 18.8 Å². The van der Waals surface area contributed by atoms with Gasteiger partial charge in [0, 0.05) is 6.54 Å². The zero-order valence-electron chi connectivity index (χ0n) is 9.46. The summed E-state index contributed by atoms with van der Waals surface area (Å²) in [6.45, 7) is 0.657. The number of hydrogen-bond donors (Lipinski definition) is 1. The Morgan fingerprint density at radius 2 is 1.89 bits per heavy atom. The molecule has 6 heteroatoms. The Morgan fingerprint density at radius 1 is 1.22 bits per heavy atom. The number of carbonyl (C=O) groups excluding carboxylic acids is 1. The fraction of sp³-hybridized carbons (Fsp3) is 0.417. The van der Waals surface area contributed by atoms with Crippen LogP contribution < -0.4 is 10.1 Å². The van der Waals surface area contributed by atoms with Crippen molar-refractivity contribution in [2.45, 2.75) is 25.1 Å². The molecule has 1 heterocycles. The van der Waals surface area contributed by atoms with Crippen LogP contribution in [0.2, 0.25) is 0 Å². The van der Waals surface area contributed by atoms with E-state index in [1.807, 2.05) is 0 Å². The Bertz CT molecular complexity index is 428. The van der Waals surface area contributed by atoms with Crippen LogP contribution in [0.15, 0.2) is 24.3 Å². The van der Waals surface area contributed by atoms with Crippen LogP contribution in [0.25, 0.3) is 0 Å². The molecule has 0 saturated carbocycles. The summed E-state index contributed by atoms with van der Waals surface area (Å²) >= 11 is 0. The van der Waals surface area contributed by atoms with Gasteiger partial charge in [-0.05, 0) is 30.5 Å². The lowest BCUT2D eigenvalue weighted by Crippen LogP contribution is -2.35. The third-order valence-electron chi connectivity index (χ3n) is 2.80. The number of carbonyl (C=O) groups is 1. The maximum absolute atomic E-state index is 12.0. The van der Waals surface area contributed by atoms with Gasteiger partial charge in [-0.15, -0.1) is 13.2 Å². The lowest BCUT2D eigenvalue weighted by Gasteiger charge is -2.22. The molecule has 98 valence electrons.